The van der Waals surface area contributed by atoms with Gasteiger partial charge in [-0.25, -0.2) is 4.79 Å². The summed E-state index contributed by atoms with van der Waals surface area (Å²) in [5.74, 6) is 0. The normalized spacial score (nSPS) is 4.78. The molecule has 9 heavy (non-hydrogen) atoms. The van der Waals surface area contributed by atoms with E-state index in [-0.39, 0.29) is 0 Å². The standard InChI is InChI=1S/C2N2.C2H5NO2/c3-1-2-4;1-5-2(3)4/h;1H3,(H2,3,4). The Kier molecular flexibility index (Phi) is 10.9. The maximum atomic E-state index is 9.37. The molecule has 0 saturated heterocycles. The number of primary amides is 1. The van der Waals surface area contributed by atoms with E-state index in [1.807, 2.05) is 0 Å². The van der Waals surface area contributed by atoms with Crippen LogP contribution >= 0.6 is 0 Å². The molecule has 0 aliphatic carbocycles. The Bertz CT molecular complexity index is 140. The second-order valence-electron chi connectivity index (χ2n) is 0.747. The molecule has 2 N–H and O–H groups in total. The van der Waals surface area contributed by atoms with Gasteiger partial charge in [0.2, 0.25) is 0 Å². The lowest BCUT2D eigenvalue weighted by molar-refractivity contribution is 0.182. The molecule has 5 heteroatoms. The molecule has 0 aromatic heterocycles. The maximum Gasteiger partial charge on any atom is 0.404 e. The summed E-state index contributed by atoms with van der Waals surface area (Å²) in [6, 6.07) is 2.47. The second-order valence-corrected chi connectivity index (χ2v) is 0.747. The smallest absolute Gasteiger partial charge is 0.404 e. The van der Waals surface area contributed by atoms with E-state index in [4.69, 9.17) is 10.5 Å². The molecule has 0 aliphatic heterocycles. The molecule has 0 bridgehead atoms. The quantitative estimate of drug-likeness (QED) is 0.484. The van der Waals surface area contributed by atoms with Crippen molar-refractivity contribution in [3.05, 3.63) is 0 Å². The van der Waals surface area contributed by atoms with E-state index in [9.17, 15) is 4.79 Å². The minimum atomic E-state index is -0.745. The highest BCUT2D eigenvalue weighted by Gasteiger charge is 1.76. The lowest BCUT2D eigenvalue weighted by Crippen LogP contribution is -2.08. The van der Waals surface area contributed by atoms with Gasteiger partial charge in [-0.1, -0.05) is 0 Å². The molecule has 0 saturated carbocycles. The summed E-state index contributed by atoms with van der Waals surface area (Å²) in [4.78, 5) is 9.37. The Morgan fingerprint density at radius 2 is 1.78 bits per heavy atom. The summed E-state index contributed by atoms with van der Waals surface area (Å²) in [7, 11) is 1.22. The Hall–Kier alpha value is -1.75. The first-order chi connectivity index (χ1) is 4.18. The minimum absolute atomic E-state index is 0.745. The van der Waals surface area contributed by atoms with Gasteiger partial charge in [0.15, 0.2) is 12.1 Å². The molecule has 0 rings (SSSR count). The Morgan fingerprint density at radius 1 is 1.56 bits per heavy atom. The van der Waals surface area contributed by atoms with Crippen LogP contribution in [0.25, 0.3) is 0 Å². The maximum absolute atomic E-state index is 9.37. The Morgan fingerprint density at radius 3 is 1.78 bits per heavy atom. The first kappa shape index (κ1) is 10.3. The van der Waals surface area contributed by atoms with Crippen LogP contribution in [0.2, 0.25) is 0 Å². The number of hydrogen-bond acceptors (Lipinski definition) is 4. The van der Waals surface area contributed by atoms with Gasteiger partial charge in [0.25, 0.3) is 0 Å². The van der Waals surface area contributed by atoms with Crippen molar-refractivity contribution in [1.29, 1.82) is 10.5 Å². The number of rotatable bonds is 0. The minimum Gasteiger partial charge on any atom is -0.453 e. The number of hydrogen-bond donors (Lipinski definition) is 1. The van der Waals surface area contributed by atoms with Gasteiger partial charge in [-0.05, 0) is 0 Å². The molecule has 0 unspecified atom stereocenters. The van der Waals surface area contributed by atoms with Crippen molar-refractivity contribution in [3.8, 4) is 12.1 Å². The van der Waals surface area contributed by atoms with E-state index in [1.54, 1.807) is 0 Å². The van der Waals surface area contributed by atoms with Crippen LogP contribution in [0.3, 0.4) is 0 Å². The molecular formula is C4H5N3O2. The number of methoxy groups -OCH3 is 1. The van der Waals surface area contributed by atoms with Gasteiger partial charge in [0.1, 0.15) is 0 Å². The summed E-state index contributed by atoms with van der Waals surface area (Å²) < 4.78 is 3.89. The molecule has 0 aliphatic rings. The van der Waals surface area contributed by atoms with Crippen LogP contribution < -0.4 is 5.73 Å². The van der Waals surface area contributed by atoms with Crippen molar-refractivity contribution >= 4 is 6.09 Å². The van der Waals surface area contributed by atoms with Crippen LogP contribution in [-0.2, 0) is 4.74 Å². The molecule has 0 aromatic rings. The molecule has 0 atom stereocenters. The van der Waals surface area contributed by atoms with Crippen LogP contribution in [-0.4, -0.2) is 13.2 Å². The van der Waals surface area contributed by atoms with Crippen LogP contribution in [0.5, 0.6) is 0 Å². The number of nitrogens with two attached hydrogens (primary N) is 1. The van der Waals surface area contributed by atoms with Crippen LogP contribution in [0.4, 0.5) is 4.79 Å². The van der Waals surface area contributed by atoms with Crippen molar-refractivity contribution in [2.24, 2.45) is 5.73 Å². The molecule has 1 amide bonds. The molecule has 0 spiro atoms. The van der Waals surface area contributed by atoms with Crippen molar-refractivity contribution < 1.29 is 9.53 Å². The largest absolute Gasteiger partial charge is 0.453 e. The highest BCUT2D eigenvalue weighted by molar-refractivity contribution is 5.64. The zero-order valence-corrected chi connectivity index (χ0v) is 4.79. The first-order valence-corrected chi connectivity index (χ1v) is 1.80. The lowest BCUT2D eigenvalue weighted by atomic mass is 10.9. The number of nitrogens with zero attached hydrogens (tertiary/aromatic N) is 2. The third-order valence-electron chi connectivity index (χ3n) is 0.251. The molecule has 5 nitrogen and oxygen atoms in total. The van der Waals surface area contributed by atoms with Crippen molar-refractivity contribution in [2.45, 2.75) is 0 Å². The third kappa shape index (κ3) is 72.2. The molecule has 48 valence electrons. The second kappa shape index (κ2) is 9.54. The average molecular weight is 127 g/mol. The highest BCUT2D eigenvalue weighted by Crippen LogP contribution is 1.55. The average Bonchev–Trinajstić information content (AvgIpc) is 1.89. The Labute approximate surface area is 52.2 Å². The summed E-state index contributed by atoms with van der Waals surface area (Å²) in [5.41, 5.74) is 4.43. The molecular weight excluding hydrogens is 122 g/mol. The van der Waals surface area contributed by atoms with Gasteiger partial charge in [0, 0.05) is 0 Å². The molecule has 0 aromatic carbocycles. The van der Waals surface area contributed by atoms with Gasteiger partial charge in [-0.2, -0.15) is 10.5 Å². The predicted octanol–water partition coefficient (Wildman–Crippen LogP) is -0.255. The third-order valence-corrected chi connectivity index (χ3v) is 0.251. The van der Waals surface area contributed by atoms with Crippen LogP contribution in [0.1, 0.15) is 0 Å². The van der Waals surface area contributed by atoms with Gasteiger partial charge in [0.05, 0.1) is 7.11 Å². The molecule has 0 radical (unpaired) electrons. The number of carbonyl (C=O) groups is 1. The number of ether oxygens (including phenoxy) is 1. The van der Waals surface area contributed by atoms with Gasteiger partial charge >= 0.3 is 6.09 Å². The van der Waals surface area contributed by atoms with E-state index in [0.29, 0.717) is 0 Å². The number of nitriles is 2. The van der Waals surface area contributed by atoms with Crippen molar-refractivity contribution in [2.75, 3.05) is 7.11 Å². The van der Waals surface area contributed by atoms with Crippen molar-refractivity contribution in [3.63, 3.8) is 0 Å². The van der Waals surface area contributed by atoms with E-state index < -0.39 is 6.09 Å². The predicted molar refractivity (Wildman–Crippen MR) is 27.8 cm³/mol. The lowest BCUT2D eigenvalue weighted by Gasteiger charge is -1.81. The fraction of sp³-hybridized carbons (Fsp3) is 0.250. The van der Waals surface area contributed by atoms with Gasteiger partial charge in [-0.3, -0.25) is 0 Å². The summed E-state index contributed by atoms with van der Waals surface area (Å²) in [6.07, 6.45) is -0.745. The summed E-state index contributed by atoms with van der Waals surface area (Å²) in [6.45, 7) is 0. The molecule has 0 fully saturated rings. The topological polar surface area (TPSA) is 99.9 Å². The summed E-state index contributed by atoms with van der Waals surface area (Å²) in [5, 5.41) is 14.5. The SMILES string of the molecule is COC(N)=O.N#CC#N. The van der Waals surface area contributed by atoms with Crippen LogP contribution in [0, 0.1) is 22.7 Å². The van der Waals surface area contributed by atoms with Gasteiger partial charge < -0.3 is 10.5 Å². The van der Waals surface area contributed by atoms with Crippen LogP contribution in [0.15, 0.2) is 0 Å². The monoisotopic (exact) mass is 127 g/mol. The first-order valence-electron chi connectivity index (χ1n) is 1.80. The molecule has 0 heterocycles. The zero-order valence-electron chi connectivity index (χ0n) is 4.79. The fourth-order valence-corrected chi connectivity index (χ4v) is 0. The highest BCUT2D eigenvalue weighted by atomic mass is 16.5. The summed E-state index contributed by atoms with van der Waals surface area (Å²) >= 11 is 0. The number of amides is 1. The van der Waals surface area contributed by atoms with E-state index in [2.05, 4.69) is 10.5 Å². The van der Waals surface area contributed by atoms with Gasteiger partial charge in [-0.15, -0.1) is 0 Å². The Balaban J connectivity index is 0. The van der Waals surface area contributed by atoms with E-state index in [0.717, 1.165) is 0 Å². The fourth-order valence-electron chi connectivity index (χ4n) is 0. The van der Waals surface area contributed by atoms with E-state index >= 15 is 0 Å². The number of carbonyl (C=O) groups excluding carboxylic acids is 1. The zero-order chi connectivity index (χ0) is 7.70. The van der Waals surface area contributed by atoms with E-state index in [1.165, 1.54) is 19.2 Å². The van der Waals surface area contributed by atoms with Crippen molar-refractivity contribution in [1.82, 2.24) is 0 Å².